The molecule has 0 radical (unpaired) electrons. The highest BCUT2D eigenvalue weighted by molar-refractivity contribution is 7.13. The molecule has 4 heterocycles. The molecule has 0 atom stereocenters. The highest BCUT2D eigenvalue weighted by Crippen LogP contribution is 2.30. The van der Waals surface area contributed by atoms with Gasteiger partial charge in [-0.25, -0.2) is 9.97 Å². The molecule has 8 nitrogen and oxygen atoms in total. The minimum atomic E-state index is -0.0802. The molecule has 1 aliphatic rings. The lowest BCUT2D eigenvalue weighted by Crippen LogP contribution is -2.48. The van der Waals surface area contributed by atoms with Crippen molar-refractivity contribution < 1.29 is 9.32 Å². The average molecular weight is 390 g/mol. The molecule has 138 valence electrons. The quantitative estimate of drug-likeness (QED) is 0.528. The number of carbonyl (C=O) groups is 1. The highest BCUT2D eigenvalue weighted by atomic mass is 32.1. The molecule has 28 heavy (non-hydrogen) atoms. The van der Waals surface area contributed by atoms with Gasteiger partial charge in [-0.2, -0.15) is 4.98 Å². The summed E-state index contributed by atoms with van der Waals surface area (Å²) in [6.45, 7) is 1.05. The number of nitrogens with zero attached hydrogens (tertiary/aromatic N) is 6. The Morgan fingerprint density at radius 1 is 1.14 bits per heavy atom. The van der Waals surface area contributed by atoms with Crippen LogP contribution >= 0.6 is 11.3 Å². The van der Waals surface area contributed by atoms with Crippen LogP contribution in [0.3, 0.4) is 0 Å². The predicted molar refractivity (Wildman–Crippen MR) is 102 cm³/mol. The summed E-state index contributed by atoms with van der Waals surface area (Å²) in [7, 11) is 0. The van der Waals surface area contributed by atoms with Crippen LogP contribution in [-0.4, -0.2) is 49.0 Å². The summed E-state index contributed by atoms with van der Waals surface area (Å²) in [5.41, 5.74) is 2.03. The van der Waals surface area contributed by atoms with Gasteiger partial charge < -0.3 is 9.42 Å². The van der Waals surface area contributed by atoms with Gasteiger partial charge in [-0.05, 0) is 0 Å². The van der Waals surface area contributed by atoms with Crippen molar-refractivity contribution >= 4 is 17.2 Å². The van der Waals surface area contributed by atoms with Gasteiger partial charge in [0, 0.05) is 36.4 Å². The van der Waals surface area contributed by atoms with E-state index in [1.807, 2.05) is 30.3 Å². The van der Waals surface area contributed by atoms with Crippen LogP contribution in [0.2, 0.25) is 0 Å². The van der Waals surface area contributed by atoms with Crippen LogP contribution in [0.5, 0.6) is 0 Å². The molecule has 1 saturated heterocycles. The number of benzene rings is 1. The summed E-state index contributed by atoms with van der Waals surface area (Å²) in [6, 6.07) is 9.83. The van der Waals surface area contributed by atoms with Gasteiger partial charge in [0.15, 0.2) is 0 Å². The van der Waals surface area contributed by atoms with E-state index < -0.39 is 0 Å². The maximum Gasteiger partial charge on any atom is 0.273 e. The van der Waals surface area contributed by atoms with Gasteiger partial charge in [-0.3, -0.25) is 9.78 Å². The Hall–Kier alpha value is -3.46. The Labute approximate surface area is 163 Å². The van der Waals surface area contributed by atoms with Crippen molar-refractivity contribution in [1.29, 1.82) is 0 Å². The zero-order valence-corrected chi connectivity index (χ0v) is 15.4. The molecule has 1 fully saturated rings. The Balaban J connectivity index is 1.24. The van der Waals surface area contributed by atoms with Crippen LogP contribution in [0.25, 0.3) is 22.1 Å². The normalized spacial score (nSPS) is 14.1. The summed E-state index contributed by atoms with van der Waals surface area (Å²) in [4.78, 5) is 31.4. The number of thiazole rings is 1. The number of amides is 1. The van der Waals surface area contributed by atoms with Crippen LogP contribution in [0.4, 0.5) is 0 Å². The number of rotatable bonds is 4. The molecule has 0 unspecified atom stereocenters. The van der Waals surface area contributed by atoms with Crippen molar-refractivity contribution in [2.45, 2.75) is 5.92 Å². The Kier molecular flexibility index (Phi) is 4.13. The molecular weight excluding hydrogens is 376 g/mol. The fourth-order valence-electron chi connectivity index (χ4n) is 2.97. The summed E-state index contributed by atoms with van der Waals surface area (Å²) >= 11 is 1.47. The van der Waals surface area contributed by atoms with Gasteiger partial charge in [0.25, 0.3) is 5.91 Å². The lowest BCUT2D eigenvalue weighted by Gasteiger charge is -2.36. The van der Waals surface area contributed by atoms with E-state index in [1.54, 1.807) is 28.9 Å². The van der Waals surface area contributed by atoms with Crippen LogP contribution in [0, 0.1) is 0 Å². The van der Waals surface area contributed by atoms with Gasteiger partial charge >= 0.3 is 0 Å². The van der Waals surface area contributed by atoms with Gasteiger partial charge in [0.2, 0.25) is 11.7 Å². The Morgan fingerprint density at radius 3 is 2.79 bits per heavy atom. The molecule has 0 spiro atoms. The number of hydrogen-bond donors (Lipinski definition) is 0. The van der Waals surface area contributed by atoms with E-state index in [4.69, 9.17) is 4.52 Å². The number of hydrogen-bond acceptors (Lipinski definition) is 8. The largest absolute Gasteiger partial charge is 0.338 e. The monoisotopic (exact) mass is 390 g/mol. The second-order valence-electron chi connectivity index (χ2n) is 6.36. The molecule has 5 rings (SSSR count). The van der Waals surface area contributed by atoms with E-state index >= 15 is 0 Å². The first-order chi connectivity index (χ1) is 13.8. The molecular formula is C19H14N6O2S. The van der Waals surface area contributed by atoms with E-state index in [0.717, 1.165) is 10.6 Å². The van der Waals surface area contributed by atoms with Crippen molar-refractivity contribution in [3.63, 3.8) is 0 Å². The minimum Gasteiger partial charge on any atom is -0.338 e. The number of likely N-dealkylation sites (tertiary alicyclic amines) is 1. The van der Waals surface area contributed by atoms with Crippen LogP contribution < -0.4 is 0 Å². The topological polar surface area (TPSA) is 97.9 Å². The Morgan fingerprint density at radius 2 is 2.00 bits per heavy atom. The van der Waals surface area contributed by atoms with Crippen LogP contribution in [0.15, 0.2) is 58.8 Å². The second kappa shape index (κ2) is 6.93. The maximum atomic E-state index is 12.7. The third kappa shape index (κ3) is 3.05. The van der Waals surface area contributed by atoms with Crippen molar-refractivity contribution in [3.8, 4) is 22.1 Å². The first-order valence-electron chi connectivity index (χ1n) is 8.68. The van der Waals surface area contributed by atoms with E-state index in [2.05, 4.69) is 25.1 Å². The number of aromatic nitrogens is 5. The first-order valence-corrected chi connectivity index (χ1v) is 9.56. The van der Waals surface area contributed by atoms with E-state index in [9.17, 15) is 4.79 Å². The van der Waals surface area contributed by atoms with Crippen molar-refractivity contribution in [2.24, 2.45) is 0 Å². The molecule has 0 N–H and O–H groups in total. The highest BCUT2D eigenvalue weighted by Gasteiger charge is 2.37. The third-order valence-electron chi connectivity index (χ3n) is 4.50. The van der Waals surface area contributed by atoms with E-state index in [-0.39, 0.29) is 11.8 Å². The van der Waals surface area contributed by atoms with Gasteiger partial charge in [-0.15, -0.1) is 11.3 Å². The fourth-order valence-corrected chi connectivity index (χ4v) is 3.77. The van der Waals surface area contributed by atoms with Gasteiger partial charge in [0.1, 0.15) is 16.4 Å². The predicted octanol–water partition coefficient (Wildman–Crippen LogP) is 2.89. The molecule has 9 heteroatoms. The fraction of sp³-hybridized carbons (Fsp3) is 0.158. The smallest absolute Gasteiger partial charge is 0.273 e. The van der Waals surface area contributed by atoms with E-state index in [0.29, 0.717) is 36.2 Å². The first kappa shape index (κ1) is 16.7. The molecule has 0 bridgehead atoms. The Bertz CT molecular complexity index is 1110. The molecule has 1 aliphatic heterocycles. The molecule has 3 aromatic heterocycles. The summed E-state index contributed by atoms with van der Waals surface area (Å²) in [5, 5.41) is 6.59. The standard InChI is InChI=1S/C19H14N6O2S/c26-19(15-11-28-18(22-15)12-4-2-1-3-5-12)25-9-13(10-25)17-23-16(24-27-17)14-8-20-6-7-21-14/h1-8,11,13H,9-10H2. The number of carbonyl (C=O) groups excluding carboxylic acids is 1. The van der Waals surface area contributed by atoms with Crippen LogP contribution in [0.1, 0.15) is 22.3 Å². The molecule has 1 aromatic carbocycles. The molecule has 4 aromatic rings. The van der Waals surface area contributed by atoms with Gasteiger partial charge in [-0.1, -0.05) is 35.5 Å². The lowest BCUT2D eigenvalue weighted by atomic mass is 10.00. The second-order valence-corrected chi connectivity index (χ2v) is 7.22. The third-order valence-corrected chi connectivity index (χ3v) is 5.39. The zero-order valence-electron chi connectivity index (χ0n) is 14.6. The lowest BCUT2D eigenvalue weighted by molar-refractivity contribution is 0.0564. The van der Waals surface area contributed by atoms with Crippen LogP contribution in [-0.2, 0) is 0 Å². The van der Waals surface area contributed by atoms with Crippen molar-refractivity contribution in [3.05, 3.63) is 65.9 Å². The zero-order chi connectivity index (χ0) is 18.9. The van der Waals surface area contributed by atoms with Crippen molar-refractivity contribution in [2.75, 3.05) is 13.1 Å². The summed E-state index contributed by atoms with van der Waals surface area (Å²) in [5.74, 6) is 0.852. The summed E-state index contributed by atoms with van der Waals surface area (Å²) in [6.07, 6.45) is 4.74. The minimum absolute atomic E-state index is 0.0223. The maximum absolute atomic E-state index is 12.7. The van der Waals surface area contributed by atoms with Crippen molar-refractivity contribution in [1.82, 2.24) is 30.0 Å². The molecule has 1 amide bonds. The van der Waals surface area contributed by atoms with E-state index in [1.165, 1.54) is 11.3 Å². The molecule has 0 saturated carbocycles. The summed E-state index contributed by atoms with van der Waals surface area (Å²) < 4.78 is 5.34. The van der Waals surface area contributed by atoms with Gasteiger partial charge in [0.05, 0.1) is 12.1 Å². The molecule has 0 aliphatic carbocycles. The average Bonchev–Trinajstić information content (AvgIpc) is 3.38. The SMILES string of the molecule is O=C(c1csc(-c2ccccc2)n1)N1CC(c2nc(-c3cnccn3)no2)C1.